The molecule has 0 radical (unpaired) electrons. The summed E-state index contributed by atoms with van der Waals surface area (Å²) in [5, 5.41) is 2.70. The molecule has 0 amide bonds. The number of aromatic nitrogens is 1. The van der Waals surface area contributed by atoms with Crippen molar-refractivity contribution in [2.24, 2.45) is 5.73 Å². The molecule has 0 saturated carbocycles. The molecule has 1 atom stereocenters. The predicted molar refractivity (Wildman–Crippen MR) is 154 cm³/mol. The van der Waals surface area contributed by atoms with Gasteiger partial charge in [-0.3, -0.25) is 0 Å². The van der Waals surface area contributed by atoms with Crippen molar-refractivity contribution >= 4 is 27.4 Å². The van der Waals surface area contributed by atoms with Crippen LogP contribution in [0.3, 0.4) is 0 Å². The normalized spacial score (nSPS) is 14.4. The van der Waals surface area contributed by atoms with Gasteiger partial charge in [0.1, 0.15) is 0 Å². The molecule has 1 heterocycles. The Balaban J connectivity index is 1.63. The number of fused-ring (bicyclic) bond motifs is 3. The van der Waals surface area contributed by atoms with E-state index in [2.05, 4.69) is 116 Å². The Hall–Kier alpha value is -3.88. The van der Waals surface area contributed by atoms with E-state index < -0.39 is 0 Å². The van der Waals surface area contributed by atoms with E-state index in [1.54, 1.807) is 0 Å². The molecule has 4 aromatic carbocycles. The average molecular weight is 469 g/mol. The number of nitrogens with zero attached hydrogens (tertiary/aromatic N) is 1. The number of hydrogen-bond acceptors (Lipinski definition) is 1. The molecule has 2 nitrogen and oxygen atoms in total. The fourth-order valence-corrected chi connectivity index (χ4v) is 5.88. The fraction of sp³-hybridized carbons (Fsp3) is 0.176. The van der Waals surface area contributed by atoms with Crippen molar-refractivity contribution in [3.63, 3.8) is 0 Å². The van der Waals surface area contributed by atoms with Gasteiger partial charge in [0, 0.05) is 16.8 Å². The van der Waals surface area contributed by atoms with Crippen LogP contribution in [0, 0.1) is 13.8 Å². The van der Waals surface area contributed by atoms with Crippen molar-refractivity contribution in [3.8, 4) is 5.69 Å². The monoisotopic (exact) mass is 468 g/mol. The highest BCUT2D eigenvalue weighted by atomic mass is 15.0. The Morgan fingerprint density at radius 1 is 0.778 bits per heavy atom. The highest BCUT2D eigenvalue weighted by Crippen LogP contribution is 2.41. The van der Waals surface area contributed by atoms with Crippen LogP contribution < -0.4 is 5.73 Å². The third-order valence-electron chi connectivity index (χ3n) is 7.60. The van der Waals surface area contributed by atoms with Crippen LogP contribution in [0.1, 0.15) is 46.7 Å². The number of benzene rings is 4. The van der Waals surface area contributed by atoms with Crippen LogP contribution >= 0.6 is 0 Å². The summed E-state index contributed by atoms with van der Waals surface area (Å²) in [7, 11) is 0. The molecule has 1 unspecified atom stereocenters. The Bertz CT molecular complexity index is 1630. The van der Waals surface area contributed by atoms with E-state index in [0.717, 1.165) is 19.3 Å². The first-order valence-electron chi connectivity index (χ1n) is 12.9. The number of nitrogens with two attached hydrogens (primary N) is 1. The second-order valence-corrected chi connectivity index (χ2v) is 9.97. The van der Waals surface area contributed by atoms with E-state index in [1.807, 2.05) is 6.07 Å². The molecule has 6 rings (SSSR count). The number of rotatable bonds is 5. The summed E-state index contributed by atoms with van der Waals surface area (Å²) in [6.45, 7) is 4.46. The molecule has 178 valence electrons. The van der Waals surface area contributed by atoms with Crippen LogP contribution in [0.5, 0.6) is 0 Å². The van der Waals surface area contributed by atoms with Gasteiger partial charge in [-0.1, -0.05) is 91.0 Å². The number of para-hydroxylation sites is 1. The summed E-state index contributed by atoms with van der Waals surface area (Å²) in [6.07, 6.45) is 9.71. The Labute approximate surface area is 213 Å². The third-order valence-corrected chi connectivity index (χ3v) is 7.60. The Morgan fingerprint density at radius 3 is 2.28 bits per heavy atom. The van der Waals surface area contributed by atoms with Crippen molar-refractivity contribution in [1.29, 1.82) is 0 Å². The van der Waals surface area contributed by atoms with Gasteiger partial charge >= 0.3 is 0 Å². The molecule has 1 aliphatic rings. The zero-order valence-electron chi connectivity index (χ0n) is 21.0. The lowest BCUT2D eigenvalue weighted by Gasteiger charge is -2.20. The quantitative estimate of drug-likeness (QED) is 0.276. The van der Waals surface area contributed by atoms with Gasteiger partial charge in [0.05, 0.1) is 16.7 Å². The van der Waals surface area contributed by atoms with Gasteiger partial charge in [-0.25, -0.2) is 0 Å². The average Bonchev–Trinajstić information content (AvgIpc) is 3.25. The SMILES string of the molecule is Cc1cccc(CC(N)c2ccccc2)c1-n1c2cccc(C)c2c2c(C3=CC=CCC3)cccc21. The maximum Gasteiger partial charge on any atom is 0.0547 e. The van der Waals surface area contributed by atoms with E-state index >= 15 is 0 Å². The van der Waals surface area contributed by atoms with Crippen molar-refractivity contribution in [1.82, 2.24) is 4.57 Å². The smallest absolute Gasteiger partial charge is 0.0547 e. The van der Waals surface area contributed by atoms with Gasteiger partial charge in [0.25, 0.3) is 0 Å². The zero-order valence-corrected chi connectivity index (χ0v) is 21.0. The lowest BCUT2D eigenvalue weighted by molar-refractivity contribution is 0.718. The number of allylic oxidation sites excluding steroid dienone is 4. The van der Waals surface area contributed by atoms with E-state index in [4.69, 9.17) is 5.73 Å². The van der Waals surface area contributed by atoms with Crippen LogP contribution in [0.2, 0.25) is 0 Å². The Morgan fingerprint density at radius 2 is 1.50 bits per heavy atom. The Kier molecular flexibility index (Phi) is 5.83. The second kappa shape index (κ2) is 9.29. The first-order valence-corrected chi connectivity index (χ1v) is 12.9. The first-order chi connectivity index (χ1) is 17.6. The van der Waals surface area contributed by atoms with Crippen LogP contribution in [0.25, 0.3) is 33.1 Å². The topological polar surface area (TPSA) is 30.9 Å². The molecular formula is C34H32N2. The summed E-state index contributed by atoms with van der Waals surface area (Å²) >= 11 is 0. The van der Waals surface area contributed by atoms with Gasteiger partial charge in [0.15, 0.2) is 0 Å². The molecule has 1 aliphatic carbocycles. The summed E-state index contributed by atoms with van der Waals surface area (Å²) in [4.78, 5) is 0. The molecular weight excluding hydrogens is 436 g/mol. The third kappa shape index (κ3) is 3.79. The van der Waals surface area contributed by atoms with E-state index in [0.29, 0.717) is 0 Å². The van der Waals surface area contributed by atoms with E-state index in [1.165, 1.54) is 60.9 Å². The van der Waals surface area contributed by atoms with Gasteiger partial charge < -0.3 is 10.3 Å². The first kappa shape index (κ1) is 22.6. The highest BCUT2D eigenvalue weighted by Gasteiger charge is 2.21. The molecule has 2 heteroatoms. The van der Waals surface area contributed by atoms with Crippen molar-refractivity contribution in [3.05, 3.63) is 131 Å². The van der Waals surface area contributed by atoms with E-state index in [9.17, 15) is 0 Å². The molecule has 1 aromatic heterocycles. The lowest BCUT2D eigenvalue weighted by atomic mass is 9.93. The van der Waals surface area contributed by atoms with Gasteiger partial charge in [-0.05, 0) is 78.6 Å². The minimum absolute atomic E-state index is 0.0590. The van der Waals surface area contributed by atoms with Crippen molar-refractivity contribution < 1.29 is 0 Å². The van der Waals surface area contributed by atoms with Crippen LogP contribution in [-0.2, 0) is 6.42 Å². The molecule has 2 N–H and O–H groups in total. The van der Waals surface area contributed by atoms with Gasteiger partial charge in [-0.15, -0.1) is 0 Å². The van der Waals surface area contributed by atoms with Crippen LogP contribution in [0.15, 0.2) is 103 Å². The van der Waals surface area contributed by atoms with Gasteiger partial charge in [0.2, 0.25) is 0 Å². The molecule has 0 fully saturated rings. The fourth-order valence-electron chi connectivity index (χ4n) is 5.88. The molecule has 36 heavy (non-hydrogen) atoms. The maximum atomic E-state index is 6.75. The molecule has 5 aromatic rings. The summed E-state index contributed by atoms with van der Waals surface area (Å²) < 4.78 is 2.49. The largest absolute Gasteiger partial charge is 0.324 e. The van der Waals surface area contributed by atoms with Crippen molar-refractivity contribution in [2.75, 3.05) is 0 Å². The zero-order chi connectivity index (χ0) is 24.6. The van der Waals surface area contributed by atoms with Gasteiger partial charge in [-0.2, -0.15) is 0 Å². The molecule has 0 aliphatic heterocycles. The molecule has 0 saturated heterocycles. The lowest BCUT2D eigenvalue weighted by Crippen LogP contribution is -2.15. The number of aryl methyl sites for hydroxylation is 2. The minimum Gasteiger partial charge on any atom is -0.324 e. The van der Waals surface area contributed by atoms with E-state index in [-0.39, 0.29) is 6.04 Å². The predicted octanol–water partition coefficient (Wildman–Crippen LogP) is 8.38. The van der Waals surface area contributed by atoms with Crippen molar-refractivity contribution in [2.45, 2.75) is 39.2 Å². The number of hydrogen-bond donors (Lipinski definition) is 1. The summed E-state index contributed by atoms with van der Waals surface area (Å²) in [5.74, 6) is 0. The summed E-state index contributed by atoms with van der Waals surface area (Å²) in [6, 6.07) is 30.5. The van der Waals surface area contributed by atoms with Crippen LogP contribution in [0.4, 0.5) is 0 Å². The highest BCUT2D eigenvalue weighted by molar-refractivity contribution is 6.15. The van der Waals surface area contributed by atoms with Crippen LogP contribution in [-0.4, -0.2) is 4.57 Å². The summed E-state index contributed by atoms with van der Waals surface area (Å²) in [5.41, 5.74) is 18.3. The molecule has 0 spiro atoms. The maximum absolute atomic E-state index is 6.75. The minimum atomic E-state index is -0.0590. The standard InChI is InChI=1S/C34H32N2/c1-23-12-10-20-30-32(23)33-28(25-14-5-3-6-15-25)19-11-21-31(33)36(30)34-24(2)13-9-18-27(34)22-29(35)26-16-7-4-8-17-26/h3-5,7-14,16-21,29H,6,15,22,35H2,1-2H3. The second-order valence-electron chi connectivity index (χ2n) is 9.97. The molecule has 0 bridgehead atoms.